The quantitative estimate of drug-likeness (QED) is 0.557. The van der Waals surface area contributed by atoms with Crippen LogP contribution >= 0.6 is 0 Å². The number of carbonyl (C=O) groups excluding carboxylic acids is 4. The number of imide groups is 2. The molecule has 1 saturated heterocycles. The highest BCUT2D eigenvalue weighted by molar-refractivity contribution is 6.24. The van der Waals surface area contributed by atoms with Gasteiger partial charge in [-0.25, -0.2) is 0 Å². The van der Waals surface area contributed by atoms with Gasteiger partial charge in [0, 0.05) is 39.1 Å². The van der Waals surface area contributed by atoms with Gasteiger partial charge in [0.05, 0.1) is 11.1 Å². The van der Waals surface area contributed by atoms with E-state index in [0.29, 0.717) is 17.7 Å². The van der Waals surface area contributed by atoms with Crippen LogP contribution in [0.2, 0.25) is 0 Å². The molecule has 4 heterocycles. The Morgan fingerprint density at radius 1 is 1.00 bits per heavy atom. The normalized spacial score (nSPS) is 24.9. The van der Waals surface area contributed by atoms with E-state index in [1.807, 2.05) is 6.07 Å². The molecule has 1 fully saturated rings. The molecule has 1 aromatic carbocycles. The maximum Gasteiger partial charge on any atom is 0.262 e. The summed E-state index contributed by atoms with van der Waals surface area (Å²) in [5.74, 6) is -1.85. The number of nitrogens with one attached hydrogen (secondary N) is 2. The molecule has 1 atom stereocenters. The summed E-state index contributed by atoms with van der Waals surface area (Å²) in [6.07, 6.45) is 0.289. The zero-order valence-electron chi connectivity index (χ0n) is 15.3. The standard InChI is InChI=1S/C20H20N4O4/c25-16-5-4-15(18(26)22-16)24-19(27)14-3-1-2-11(17(14)20(24)28)8-23-9-12-6-21-7-13(12)10-23/h1-3,15,21H,4-10H2,(H,22,25,26). The fraction of sp³-hybridized carbons (Fsp3) is 0.400. The lowest BCUT2D eigenvalue weighted by Crippen LogP contribution is -2.54. The van der Waals surface area contributed by atoms with E-state index in [-0.39, 0.29) is 18.7 Å². The van der Waals surface area contributed by atoms with E-state index < -0.39 is 23.8 Å². The van der Waals surface area contributed by atoms with Crippen molar-refractivity contribution in [3.63, 3.8) is 0 Å². The number of rotatable bonds is 3. The van der Waals surface area contributed by atoms with E-state index in [0.717, 1.165) is 36.6 Å². The van der Waals surface area contributed by atoms with E-state index >= 15 is 0 Å². The molecule has 0 bridgehead atoms. The van der Waals surface area contributed by atoms with Gasteiger partial charge in [-0.1, -0.05) is 12.1 Å². The Morgan fingerprint density at radius 3 is 2.46 bits per heavy atom. The number of piperidine rings is 1. The highest BCUT2D eigenvalue weighted by Crippen LogP contribution is 2.31. The van der Waals surface area contributed by atoms with E-state index in [9.17, 15) is 19.2 Å². The maximum absolute atomic E-state index is 13.1. The molecule has 0 aromatic heterocycles. The Labute approximate surface area is 161 Å². The molecule has 0 spiro atoms. The summed E-state index contributed by atoms with van der Waals surface area (Å²) in [4.78, 5) is 52.9. The smallest absolute Gasteiger partial charge is 0.262 e. The first-order valence-corrected chi connectivity index (χ1v) is 9.49. The van der Waals surface area contributed by atoms with Crippen LogP contribution in [0.5, 0.6) is 0 Å². The van der Waals surface area contributed by atoms with Gasteiger partial charge in [0.25, 0.3) is 11.8 Å². The highest BCUT2D eigenvalue weighted by Gasteiger charge is 2.45. The van der Waals surface area contributed by atoms with Crippen LogP contribution in [0.3, 0.4) is 0 Å². The molecule has 5 rings (SSSR count). The minimum Gasteiger partial charge on any atom is -0.309 e. The Kier molecular flexibility index (Phi) is 3.92. The molecule has 1 aromatic rings. The van der Waals surface area contributed by atoms with Gasteiger partial charge in [0.2, 0.25) is 11.8 Å². The molecule has 0 radical (unpaired) electrons. The third kappa shape index (κ3) is 2.60. The fourth-order valence-electron chi connectivity index (χ4n) is 4.61. The molecule has 4 aliphatic rings. The molecule has 0 saturated carbocycles. The summed E-state index contributed by atoms with van der Waals surface area (Å²) >= 11 is 0. The molecule has 144 valence electrons. The van der Waals surface area contributed by atoms with Crippen LogP contribution in [-0.4, -0.2) is 65.6 Å². The SMILES string of the molecule is O=C1CCC(N2C(=O)c3cccc(CN4CC5=C(CNC5)C4)c3C2=O)C(=O)N1. The van der Waals surface area contributed by atoms with Gasteiger partial charge in [-0.05, 0) is 29.2 Å². The lowest BCUT2D eigenvalue weighted by atomic mass is 10.0. The molecule has 8 heteroatoms. The van der Waals surface area contributed by atoms with Crippen molar-refractivity contribution >= 4 is 23.6 Å². The van der Waals surface area contributed by atoms with Crippen molar-refractivity contribution in [2.75, 3.05) is 26.2 Å². The summed E-state index contributed by atoms with van der Waals surface area (Å²) in [5, 5.41) is 5.57. The molecule has 2 N–H and O–H groups in total. The molecule has 28 heavy (non-hydrogen) atoms. The number of benzene rings is 1. The van der Waals surface area contributed by atoms with Gasteiger partial charge in [-0.2, -0.15) is 0 Å². The van der Waals surface area contributed by atoms with Crippen LogP contribution in [0.4, 0.5) is 0 Å². The third-order valence-electron chi connectivity index (χ3n) is 5.95. The predicted octanol–water partition coefficient (Wildman–Crippen LogP) is -0.197. The van der Waals surface area contributed by atoms with Crippen LogP contribution in [0.1, 0.15) is 39.1 Å². The van der Waals surface area contributed by atoms with Crippen molar-refractivity contribution < 1.29 is 19.2 Å². The molecule has 1 unspecified atom stereocenters. The number of hydrogen-bond acceptors (Lipinski definition) is 6. The van der Waals surface area contributed by atoms with Gasteiger partial charge in [0.15, 0.2) is 0 Å². The van der Waals surface area contributed by atoms with Crippen molar-refractivity contribution in [1.82, 2.24) is 20.4 Å². The molecule has 8 nitrogen and oxygen atoms in total. The number of hydrogen-bond donors (Lipinski definition) is 2. The van der Waals surface area contributed by atoms with Crippen LogP contribution in [-0.2, 0) is 16.1 Å². The summed E-state index contributed by atoms with van der Waals surface area (Å²) in [5.41, 5.74) is 4.37. The zero-order chi connectivity index (χ0) is 19.4. The van der Waals surface area contributed by atoms with E-state index in [1.54, 1.807) is 12.1 Å². The average Bonchev–Trinajstić information content (AvgIpc) is 3.30. The first-order chi connectivity index (χ1) is 13.5. The van der Waals surface area contributed by atoms with Gasteiger partial charge in [-0.15, -0.1) is 0 Å². The van der Waals surface area contributed by atoms with Gasteiger partial charge < -0.3 is 5.32 Å². The monoisotopic (exact) mass is 380 g/mol. The van der Waals surface area contributed by atoms with Gasteiger partial charge in [0.1, 0.15) is 6.04 Å². The number of fused-ring (bicyclic) bond motifs is 1. The van der Waals surface area contributed by atoms with Gasteiger partial charge >= 0.3 is 0 Å². The second kappa shape index (κ2) is 6.35. The summed E-state index contributed by atoms with van der Waals surface area (Å²) < 4.78 is 0. The molecule has 4 amide bonds. The Hall–Kier alpha value is -2.84. The molecule has 4 aliphatic heterocycles. The zero-order valence-corrected chi connectivity index (χ0v) is 15.3. The van der Waals surface area contributed by atoms with E-state index in [4.69, 9.17) is 0 Å². The minimum absolute atomic E-state index is 0.121. The average molecular weight is 380 g/mol. The number of nitrogens with zero attached hydrogens (tertiary/aromatic N) is 2. The first kappa shape index (κ1) is 17.3. The Balaban J connectivity index is 1.41. The van der Waals surface area contributed by atoms with Crippen molar-refractivity contribution in [2.45, 2.75) is 25.4 Å². The van der Waals surface area contributed by atoms with Crippen LogP contribution < -0.4 is 10.6 Å². The van der Waals surface area contributed by atoms with Gasteiger partial charge in [-0.3, -0.25) is 34.3 Å². The van der Waals surface area contributed by atoms with Crippen molar-refractivity contribution in [1.29, 1.82) is 0 Å². The molecular formula is C20H20N4O4. The molecular weight excluding hydrogens is 360 g/mol. The summed E-state index contributed by atoms with van der Waals surface area (Å²) in [7, 11) is 0. The fourth-order valence-corrected chi connectivity index (χ4v) is 4.61. The molecule has 0 aliphatic carbocycles. The number of carbonyl (C=O) groups is 4. The van der Waals surface area contributed by atoms with Crippen LogP contribution in [0.25, 0.3) is 0 Å². The van der Waals surface area contributed by atoms with Crippen molar-refractivity contribution in [3.05, 3.63) is 46.0 Å². The lowest BCUT2D eigenvalue weighted by Gasteiger charge is -2.28. The maximum atomic E-state index is 13.1. The largest absolute Gasteiger partial charge is 0.309 e. The summed E-state index contributed by atoms with van der Waals surface area (Å²) in [6.45, 7) is 4.15. The van der Waals surface area contributed by atoms with Crippen molar-refractivity contribution in [3.8, 4) is 0 Å². The van der Waals surface area contributed by atoms with Crippen molar-refractivity contribution in [2.24, 2.45) is 0 Å². The van der Waals surface area contributed by atoms with Crippen LogP contribution in [0.15, 0.2) is 29.3 Å². The second-order valence-electron chi connectivity index (χ2n) is 7.74. The second-order valence-corrected chi connectivity index (χ2v) is 7.74. The Bertz CT molecular complexity index is 951. The topological polar surface area (TPSA) is 98.8 Å². The predicted molar refractivity (Wildman–Crippen MR) is 98.3 cm³/mol. The first-order valence-electron chi connectivity index (χ1n) is 9.49. The van der Waals surface area contributed by atoms with Crippen LogP contribution in [0, 0.1) is 0 Å². The lowest BCUT2D eigenvalue weighted by molar-refractivity contribution is -0.136. The van der Waals surface area contributed by atoms with E-state index in [2.05, 4.69) is 15.5 Å². The van der Waals surface area contributed by atoms with E-state index in [1.165, 1.54) is 11.1 Å². The Morgan fingerprint density at radius 2 is 1.75 bits per heavy atom. The minimum atomic E-state index is -0.929. The number of amides is 4. The highest BCUT2D eigenvalue weighted by atomic mass is 16.2. The summed E-state index contributed by atoms with van der Waals surface area (Å²) in [6, 6.07) is 4.37. The third-order valence-corrected chi connectivity index (χ3v) is 5.95.